The van der Waals surface area contributed by atoms with Crippen molar-refractivity contribution in [3.05, 3.63) is 59.2 Å². The van der Waals surface area contributed by atoms with Crippen molar-refractivity contribution in [2.75, 3.05) is 50.2 Å². The lowest BCUT2D eigenvalue weighted by atomic mass is 9.72. The molecule has 2 fully saturated rings. The zero-order valence-electron chi connectivity index (χ0n) is 20.9. The standard InChI is InChI=1S/C28H35N3O4/c1-28(2)18-21-16-20(26(32)31-11-5-8-24(31)27(33)34-3)9-10-23(21)29-25(28)19-6-4-7-22(17-19)30-12-14-35-15-13-30/h4,6-7,9-10,16-17,24-25,29H,5,8,11-15,18H2,1-3H3. The third-order valence-electron chi connectivity index (χ3n) is 7.65. The van der Waals surface area contributed by atoms with Gasteiger partial charge in [0.05, 0.1) is 26.4 Å². The summed E-state index contributed by atoms with van der Waals surface area (Å²) in [6.07, 6.45) is 2.32. The van der Waals surface area contributed by atoms with Gasteiger partial charge in [-0.05, 0) is 66.1 Å². The first-order valence-corrected chi connectivity index (χ1v) is 12.6. The summed E-state index contributed by atoms with van der Waals surface area (Å²) in [5, 5.41) is 3.76. The van der Waals surface area contributed by atoms with Gasteiger partial charge in [-0.1, -0.05) is 26.0 Å². The van der Waals surface area contributed by atoms with Gasteiger partial charge in [0.2, 0.25) is 0 Å². The van der Waals surface area contributed by atoms with Crippen molar-refractivity contribution in [2.24, 2.45) is 5.41 Å². The minimum atomic E-state index is -0.485. The lowest BCUT2D eigenvalue weighted by Gasteiger charge is -2.42. The van der Waals surface area contributed by atoms with Crippen molar-refractivity contribution in [1.82, 2.24) is 4.90 Å². The van der Waals surface area contributed by atoms with Crippen molar-refractivity contribution < 1.29 is 19.1 Å². The zero-order chi connectivity index (χ0) is 24.6. The van der Waals surface area contributed by atoms with Crippen LogP contribution in [-0.2, 0) is 20.7 Å². The number of anilines is 2. The smallest absolute Gasteiger partial charge is 0.328 e. The van der Waals surface area contributed by atoms with Gasteiger partial charge < -0.3 is 24.6 Å². The number of methoxy groups -OCH3 is 1. The summed E-state index contributed by atoms with van der Waals surface area (Å²) in [5.74, 6) is -0.433. The molecule has 3 heterocycles. The van der Waals surface area contributed by atoms with Crippen LogP contribution in [0.25, 0.3) is 0 Å². The van der Waals surface area contributed by atoms with Gasteiger partial charge in [0.15, 0.2) is 0 Å². The predicted octanol–water partition coefficient (Wildman–Crippen LogP) is 4.04. The van der Waals surface area contributed by atoms with E-state index in [-0.39, 0.29) is 23.3 Å². The molecule has 3 aliphatic heterocycles. The van der Waals surface area contributed by atoms with E-state index in [1.54, 1.807) is 4.90 Å². The summed E-state index contributed by atoms with van der Waals surface area (Å²) in [5.41, 5.74) is 5.28. The Kier molecular flexibility index (Phi) is 6.45. The van der Waals surface area contributed by atoms with Crippen molar-refractivity contribution >= 4 is 23.3 Å². The van der Waals surface area contributed by atoms with Crippen LogP contribution in [0.5, 0.6) is 0 Å². The number of esters is 1. The molecular weight excluding hydrogens is 442 g/mol. The lowest BCUT2D eigenvalue weighted by molar-refractivity contribution is -0.145. The number of carbonyl (C=O) groups excluding carboxylic acids is 2. The molecule has 0 bridgehead atoms. The first-order valence-electron chi connectivity index (χ1n) is 12.6. The average Bonchev–Trinajstić information content (AvgIpc) is 3.37. The Labute approximate surface area is 207 Å². The number of benzene rings is 2. The van der Waals surface area contributed by atoms with Gasteiger partial charge in [-0.15, -0.1) is 0 Å². The van der Waals surface area contributed by atoms with Gasteiger partial charge in [0.1, 0.15) is 6.04 Å². The van der Waals surface area contributed by atoms with Crippen LogP contribution in [0, 0.1) is 5.41 Å². The van der Waals surface area contributed by atoms with E-state index >= 15 is 0 Å². The maximum Gasteiger partial charge on any atom is 0.328 e. The van der Waals surface area contributed by atoms with E-state index in [1.807, 2.05) is 18.2 Å². The summed E-state index contributed by atoms with van der Waals surface area (Å²) in [4.78, 5) is 29.5. The maximum atomic E-state index is 13.3. The average molecular weight is 478 g/mol. The van der Waals surface area contributed by atoms with Crippen LogP contribution in [0.15, 0.2) is 42.5 Å². The highest BCUT2D eigenvalue weighted by molar-refractivity contribution is 5.97. The molecule has 2 saturated heterocycles. The molecule has 5 rings (SSSR count). The van der Waals surface area contributed by atoms with Gasteiger partial charge in [-0.2, -0.15) is 0 Å². The van der Waals surface area contributed by atoms with Gasteiger partial charge in [-0.25, -0.2) is 4.79 Å². The molecule has 7 nitrogen and oxygen atoms in total. The quantitative estimate of drug-likeness (QED) is 0.671. The highest BCUT2D eigenvalue weighted by Crippen LogP contribution is 2.45. The number of likely N-dealkylation sites (tertiary alicyclic amines) is 1. The second-order valence-corrected chi connectivity index (χ2v) is 10.5. The number of fused-ring (bicyclic) bond motifs is 1. The first-order chi connectivity index (χ1) is 16.9. The Morgan fingerprint density at radius 1 is 1.09 bits per heavy atom. The monoisotopic (exact) mass is 477 g/mol. The summed E-state index contributed by atoms with van der Waals surface area (Å²) in [6, 6.07) is 14.4. The molecule has 35 heavy (non-hydrogen) atoms. The summed E-state index contributed by atoms with van der Waals surface area (Å²) < 4.78 is 10.4. The van der Waals surface area contributed by atoms with Gasteiger partial charge in [0.25, 0.3) is 5.91 Å². The Hall–Kier alpha value is -3.06. The Morgan fingerprint density at radius 2 is 1.89 bits per heavy atom. The fraction of sp³-hybridized carbons (Fsp3) is 0.500. The fourth-order valence-electron chi connectivity index (χ4n) is 5.77. The molecule has 2 unspecified atom stereocenters. The van der Waals surface area contributed by atoms with Crippen molar-refractivity contribution in [3.63, 3.8) is 0 Å². The zero-order valence-corrected chi connectivity index (χ0v) is 20.9. The lowest BCUT2D eigenvalue weighted by Crippen LogP contribution is -2.41. The van der Waals surface area contributed by atoms with Crippen LogP contribution < -0.4 is 10.2 Å². The molecule has 0 saturated carbocycles. The molecule has 2 aromatic carbocycles. The molecule has 1 N–H and O–H groups in total. The highest BCUT2D eigenvalue weighted by Gasteiger charge is 2.38. The van der Waals surface area contributed by atoms with Gasteiger partial charge in [-0.3, -0.25) is 4.79 Å². The van der Waals surface area contributed by atoms with E-state index in [2.05, 4.69) is 48.3 Å². The molecule has 7 heteroatoms. The van der Waals surface area contributed by atoms with Crippen LogP contribution in [0.4, 0.5) is 11.4 Å². The number of morpholine rings is 1. The van der Waals surface area contributed by atoms with Crippen molar-refractivity contribution in [1.29, 1.82) is 0 Å². The van der Waals surface area contributed by atoms with Crippen LogP contribution >= 0.6 is 0 Å². The van der Waals surface area contributed by atoms with E-state index in [4.69, 9.17) is 9.47 Å². The van der Waals surface area contributed by atoms with E-state index < -0.39 is 6.04 Å². The summed E-state index contributed by atoms with van der Waals surface area (Å²) in [7, 11) is 1.38. The maximum absolute atomic E-state index is 13.3. The second-order valence-electron chi connectivity index (χ2n) is 10.5. The minimum Gasteiger partial charge on any atom is -0.467 e. The molecule has 0 aromatic heterocycles. The minimum absolute atomic E-state index is 0.0551. The number of hydrogen-bond donors (Lipinski definition) is 1. The SMILES string of the molecule is COC(=O)C1CCCN1C(=O)c1ccc2c(c1)CC(C)(C)C(c1cccc(N3CCOCC3)c1)N2. The third kappa shape index (κ3) is 4.61. The third-order valence-corrected chi connectivity index (χ3v) is 7.65. The van der Waals surface area contributed by atoms with Crippen molar-refractivity contribution in [3.8, 4) is 0 Å². The van der Waals surface area contributed by atoms with E-state index in [0.717, 1.165) is 50.4 Å². The van der Waals surface area contributed by atoms with E-state index in [0.29, 0.717) is 18.5 Å². The first kappa shape index (κ1) is 23.7. The number of carbonyl (C=O) groups is 2. The summed E-state index contributed by atoms with van der Waals surface area (Å²) in [6.45, 7) is 8.50. The fourth-order valence-corrected chi connectivity index (χ4v) is 5.77. The van der Waals surface area contributed by atoms with Gasteiger partial charge >= 0.3 is 5.97 Å². The highest BCUT2D eigenvalue weighted by atomic mass is 16.5. The van der Waals surface area contributed by atoms with Crippen molar-refractivity contribution in [2.45, 2.75) is 45.2 Å². The molecule has 3 aliphatic rings. The largest absolute Gasteiger partial charge is 0.467 e. The van der Waals surface area contributed by atoms with Crippen LogP contribution in [0.1, 0.15) is 54.2 Å². The molecule has 0 radical (unpaired) electrons. The van der Waals surface area contributed by atoms with Crippen LogP contribution in [-0.4, -0.2) is 62.8 Å². The number of hydrogen-bond acceptors (Lipinski definition) is 6. The molecule has 186 valence electrons. The van der Waals surface area contributed by atoms with Crippen LogP contribution in [0.2, 0.25) is 0 Å². The Balaban J connectivity index is 1.38. The van der Waals surface area contributed by atoms with E-state index in [9.17, 15) is 9.59 Å². The predicted molar refractivity (Wildman–Crippen MR) is 136 cm³/mol. The molecule has 2 aromatic rings. The van der Waals surface area contributed by atoms with E-state index in [1.165, 1.54) is 18.4 Å². The Bertz CT molecular complexity index is 1110. The number of amides is 1. The molecule has 2 atom stereocenters. The molecule has 0 aliphatic carbocycles. The topological polar surface area (TPSA) is 71.1 Å². The van der Waals surface area contributed by atoms with Gasteiger partial charge in [0, 0.05) is 36.6 Å². The second kappa shape index (κ2) is 9.53. The summed E-state index contributed by atoms with van der Waals surface area (Å²) >= 11 is 0. The van der Waals surface area contributed by atoms with Crippen LogP contribution in [0.3, 0.4) is 0 Å². The Morgan fingerprint density at radius 3 is 2.66 bits per heavy atom. The number of ether oxygens (including phenoxy) is 2. The number of rotatable bonds is 4. The molecule has 1 amide bonds. The molecular formula is C28H35N3O4. The molecule has 0 spiro atoms. The number of nitrogens with one attached hydrogen (secondary N) is 1. The number of nitrogens with zero attached hydrogens (tertiary/aromatic N) is 2. The normalized spacial score (nSPS) is 23.4.